The van der Waals surface area contributed by atoms with E-state index in [2.05, 4.69) is 15.6 Å². The molecule has 0 spiro atoms. The molecular formula is C18H22FN3O2. The first kappa shape index (κ1) is 17.6. The zero-order chi connectivity index (χ0) is 17.4. The molecule has 0 aliphatic heterocycles. The number of rotatable bonds is 6. The van der Waals surface area contributed by atoms with Crippen LogP contribution in [0.2, 0.25) is 0 Å². The predicted molar refractivity (Wildman–Crippen MR) is 93.0 cm³/mol. The minimum atomic E-state index is -0.244. The first-order valence-electron chi connectivity index (χ1n) is 7.56. The first-order chi connectivity index (χ1) is 11.7. The normalized spacial score (nSPS) is 11.1. The van der Waals surface area contributed by atoms with Gasteiger partial charge in [0.2, 0.25) is 0 Å². The van der Waals surface area contributed by atoms with Gasteiger partial charge in [-0.25, -0.2) is 4.39 Å². The molecule has 2 aromatic rings. The van der Waals surface area contributed by atoms with Gasteiger partial charge in [0.15, 0.2) is 17.5 Å². The lowest BCUT2D eigenvalue weighted by Crippen LogP contribution is -2.36. The van der Waals surface area contributed by atoms with E-state index in [1.54, 1.807) is 33.4 Å². The summed E-state index contributed by atoms with van der Waals surface area (Å²) in [6.07, 6.45) is 0. The highest BCUT2D eigenvalue weighted by Gasteiger charge is 2.09. The second kappa shape index (κ2) is 8.76. The summed E-state index contributed by atoms with van der Waals surface area (Å²) >= 11 is 0. The Balaban J connectivity index is 1.95. The summed E-state index contributed by atoms with van der Waals surface area (Å²) in [5.41, 5.74) is 1.93. The maximum absolute atomic E-state index is 12.9. The Hall–Kier alpha value is -2.76. The molecule has 24 heavy (non-hydrogen) atoms. The molecule has 0 aromatic heterocycles. The first-order valence-corrected chi connectivity index (χ1v) is 7.56. The molecule has 0 unspecified atom stereocenters. The summed E-state index contributed by atoms with van der Waals surface area (Å²) in [6.45, 7) is 1.08. The Morgan fingerprint density at radius 3 is 2.33 bits per heavy atom. The van der Waals surface area contributed by atoms with E-state index in [1.165, 1.54) is 12.1 Å². The van der Waals surface area contributed by atoms with Gasteiger partial charge in [-0.1, -0.05) is 24.3 Å². The predicted octanol–water partition coefficient (Wildman–Crippen LogP) is 2.71. The van der Waals surface area contributed by atoms with E-state index >= 15 is 0 Å². The van der Waals surface area contributed by atoms with Gasteiger partial charge >= 0.3 is 0 Å². The summed E-state index contributed by atoms with van der Waals surface area (Å²) in [4.78, 5) is 4.18. The second-order valence-electron chi connectivity index (χ2n) is 5.06. The van der Waals surface area contributed by atoms with Crippen molar-refractivity contribution in [1.29, 1.82) is 0 Å². The molecule has 0 bridgehead atoms. The molecular weight excluding hydrogens is 309 g/mol. The average Bonchev–Trinajstić information content (AvgIpc) is 2.62. The zero-order valence-electron chi connectivity index (χ0n) is 14.1. The standard InChI is InChI=1S/C18H22FN3O2/c1-20-18(21-11-13-7-9-15(19)10-8-13)22-12-14-5-4-6-16(23-2)17(14)24-3/h4-10H,11-12H2,1-3H3,(H2,20,21,22). The number of nitrogens with zero attached hydrogens (tertiary/aromatic N) is 1. The fourth-order valence-corrected chi connectivity index (χ4v) is 2.28. The van der Waals surface area contributed by atoms with Crippen LogP contribution in [0.25, 0.3) is 0 Å². The van der Waals surface area contributed by atoms with Crippen molar-refractivity contribution < 1.29 is 13.9 Å². The molecule has 0 aliphatic rings. The lowest BCUT2D eigenvalue weighted by molar-refractivity contribution is 0.351. The molecule has 2 rings (SSSR count). The van der Waals surface area contributed by atoms with E-state index < -0.39 is 0 Å². The van der Waals surface area contributed by atoms with E-state index in [0.717, 1.165) is 11.1 Å². The number of ether oxygens (including phenoxy) is 2. The van der Waals surface area contributed by atoms with Crippen molar-refractivity contribution in [3.63, 3.8) is 0 Å². The zero-order valence-corrected chi connectivity index (χ0v) is 14.1. The number of halogens is 1. The van der Waals surface area contributed by atoms with Crippen LogP contribution < -0.4 is 20.1 Å². The van der Waals surface area contributed by atoms with Gasteiger partial charge in [-0.05, 0) is 23.8 Å². The summed E-state index contributed by atoms with van der Waals surface area (Å²) in [5.74, 6) is 1.78. The largest absolute Gasteiger partial charge is 0.493 e. The third-order valence-corrected chi connectivity index (χ3v) is 3.53. The van der Waals surface area contributed by atoms with Crippen LogP contribution in [0.5, 0.6) is 11.5 Å². The van der Waals surface area contributed by atoms with Gasteiger partial charge in [0.25, 0.3) is 0 Å². The molecule has 6 heteroatoms. The lowest BCUT2D eigenvalue weighted by Gasteiger charge is -2.15. The number of benzene rings is 2. The van der Waals surface area contributed by atoms with Gasteiger partial charge in [0.05, 0.1) is 14.2 Å². The van der Waals surface area contributed by atoms with Crippen molar-refractivity contribution in [2.24, 2.45) is 4.99 Å². The highest BCUT2D eigenvalue weighted by Crippen LogP contribution is 2.30. The molecule has 2 N–H and O–H groups in total. The number of nitrogens with one attached hydrogen (secondary N) is 2. The Morgan fingerprint density at radius 1 is 1.00 bits per heavy atom. The third kappa shape index (κ3) is 4.62. The Kier molecular flexibility index (Phi) is 6.42. The molecule has 0 saturated carbocycles. The molecule has 5 nitrogen and oxygen atoms in total. The highest BCUT2D eigenvalue weighted by atomic mass is 19.1. The van der Waals surface area contributed by atoms with Crippen LogP contribution in [-0.4, -0.2) is 27.2 Å². The third-order valence-electron chi connectivity index (χ3n) is 3.53. The number of para-hydroxylation sites is 1. The van der Waals surface area contributed by atoms with E-state index in [-0.39, 0.29) is 5.82 Å². The van der Waals surface area contributed by atoms with Crippen LogP contribution in [-0.2, 0) is 13.1 Å². The Morgan fingerprint density at radius 2 is 1.71 bits per heavy atom. The molecule has 128 valence electrons. The van der Waals surface area contributed by atoms with Crippen molar-refractivity contribution >= 4 is 5.96 Å². The fraction of sp³-hybridized carbons (Fsp3) is 0.278. The van der Waals surface area contributed by atoms with Gasteiger partial charge in [-0.2, -0.15) is 0 Å². The van der Waals surface area contributed by atoms with Crippen LogP contribution >= 0.6 is 0 Å². The molecule has 0 fully saturated rings. The lowest BCUT2D eigenvalue weighted by atomic mass is 10.2. The van der Waals surface area contributed by atoms with Crippen LogP contribution in [0, 0.1) is 5.82 Å². The molecule has 2 aromatic carbocycles. The monoisotopic (exact) mass is 331 g/mol. The van der Waals surface area contributed by atoms with Crippen molar-refractivity contribution in [3.8, 4) is 11.5 Å². The maximum atomic E-state index is 12.9. The molecule has 0 heterocycles. The minimum absolute atomic E-state index is 0.244. The van der Waals surface area contributed by atoms with Crippen molar-refractivity contribution in [1.82, 2.24) is 10.6 Å². The highest BCUT2D eigenvalue weighted by molar-refractivity contribution is 5.79. The fourth-order valence-electron chi connectivity index (χ4n) is 2.28. The number of hydrogen-bond donors (Lipinski definition) is 2. The van der Waals surface area contributed by atoms with E-state index in [0.29, 0.717) is 30.5 Å². The number of aliphatic imine (C=N–C) groups is 1. The van der Waals surface area contributed by atoms with Gasteiger partial charge in [0, 0.05) is 25.7 Å². The Bertz CT molecular complexity index is 687. The van der Waals surface area contributed by atoms with Crippen LogP contribution in [0.1, 0.15) is 11.1 Å². The molecule has 0 atom stereocenters. The van der Waals surface area contributed by atoms with Gasteiger partial charge < -0.3 is 20.1 Å². The van der Waals surface area contributed by atoms with Gasteiger partial charge in [-0.15, -0.1) is 0 Å². The van der Waals surface area contributed by atoms with Crippen molar-refractivity contribution in [3.05, 3.63) is 59.4 Å². The topological polar surface area (TPSA) is 54.9 Å². The molecule has 0 aliphatic carbocycles. The number of guanidine groups is 1. The van der Waals surface area contributed by atoms with Crippen molar-refractivity contribution in [2.75, 3.05) is 21.3 Å². The second-order valence-corrected chi connectivity index (χ2v) is 5.06. The Labute approximate surface area is 141 Å². The van der Waals surface area contributed by atoms with Crippen LogP contribution in [0.4, 0.5) is 4.39 Å². The SMILES string of the molecule is CN=C(NCc1ccc(F)cc1)NCc1cccc(OC)c1OC. The molecule has 0 radical (unpaired) electrons. The number of methoxy groups -OCH3 is 2. The minimum Gasteiger partial charge on any atom is -0.493 e. The molecule has 0 saturated heterocycles. The summed E-state index contributed by atoms with van der Waals surface area (Å²) in [6, 6.07) is 12.1. The smallest absolute Gasteiger partial charge is 0.191 e. The van der Waals surface area contributed by atoms with Crippen LogP contribution in [0.3, 0.4) is 0 Å². The summed E-state index contributed by atoms with van der Waals surface area (Å²) in [7, 11) is 4.92. The van der Waals surface area contributed by atoms with Crippen molar-refractivity contribution in [2.45, 2.75) is 13.1 Å². The number of hydrogen-bond acceptors (Lipinski definition) is 3. The van der Waals surface area contributed by atoms with E-state index in [1.807, 2.05) is 18.2 Å². The maximum Gasteiger partial charge on any atom is 0.191 e. The average molecular weight is 331 g/mol. The summed E-state index contributed by atoms with van der Waals surface area (Å²) < 4.78 is 23.6. The van der Waals surface area contributed by atoms with Gasteiger partial charge in [-0.3, -0.25) is 4.99 Å². The van der Waals surface area contributed by atoms with E-state index in [4.69, 9.17) is 9.47 Å². The molecule has 0 amide bonds. The summed E-state index contributed by atoms with van der Waals surface area (Å²) in [5, 5.41) is 6.41. The quantitative estimate of drug-likeness (QED) is 0.631. The van der Waals surface area contributed by atoms with E-state index in [9.17, 15) is 4.39 Å². The van der Waals surface area contributed by atoms with Crippen LogP contribution in [0.15, 0.2) is 47.5 Å². The van der Waals surface area contributed by atoms with Gasteiger partial charge in [0.1, 0.15) is 5.82 Å².